The van der Waals surface area contributed by atoms with Crippen LogP contribution < -0.4 is 0 Å². The molecule has 1 aliphatic rings. The summed E-state index contributed by atoms with van der Waals surface area (Å²) in [7, 11) is 0. The van der Waals surface area contributed by atoms with E-state index in [0.29, 0.717) is 18.7 Å². The van der Waals surface area contributed by atoms with Crippen molar-refractivity contribution >= 4 is 17.5 Å². The molecule has 0 spiro atoms. The van der Waals surface area contributed by atoms with Crippen molar-refractivity contribution in [2.75, 3.05) is 0 Å². The van der Waals surface area contributed by atoms with E-state index in [9.17, 15) is 4.79 Å². The van der Waals surface area contributed by atoms with Crippen molar-refractivity contribution in [3.05, 3.63) is 11.7 Å². The highest BCUT2D eigenvalue weighted by Gasteiger charge is 2.16. The Morgan fingerprint density at radius 3 is 2.94 bits per heavy atom. The fourth-order valence-electron chi connectivity index (χ4n) is 1.98. The molecule has 0 amide bonds. The zero-order valence-corrected chi connectivity index (χ0v) is 11.0. The van der Waals surface area contributed by atoms with Crippen molar-refractivity contribution in [1.82, 2.24) is 10.1 Å². The van der Waals surface area contributed by atoms with E-state index in [2.05, 4.69) is 10.1 Å². The minimum atomic E-state index is 0.157. The summed E-state index contributed by atoms with van der Waals surface area (Å²) in [6.07, 6.45) is 6.40. The molecule has 17 heavy (non-hydrogen) atoms. The Kier molecular flexibility index (Phi) is 4.59. The first-order valence-electron chi connectivity index (χ1n) is 6.16. The van der Waals surface area contributed by atoms with Gasteiger partial charge >= 0.3 is 0 Å². The highest BCUT2D eigenvalue weighted by Crippen LogP contribution is 2.30. The summed E-state index contributed by atoms with van der Waals surface area (Å²) in [6, 6.07) is 0. The van der Waals surface area contributed by atoms with E-state index < -0.39 is 0 Å². The lowest BCUT2D eigenvalue weighted by molar-refractivity contribution is -0.117. The molecule has 94 valence electrons. The van der Waals surface area contributed by atoms with Gasteiger partial charge < -0.3 is 9.32 Å². The number of ketones is 1. The van der Waals surface area contributed by atoms with Gasteiger partial charge in [-0.15, -0.1) is 0 Å². The summed E-state index contributed by atoms with van der Waals surface area (Å²) >= 11 is 1.92. The number of hydrogen-bond donors (Lipinski definition) is 0. The summed E-state index contributed by atoms with van der Waals surface area (Å²) in [5, 5.41) is 4.71. The molecular formula is C12H18N2O2S. The summed E-state index contributed by atoms with van der Waals surface area (Å²) in [6.45, 7) is 1.58. The van der Waals surface area contributed by atoms with Gasteiger partial charge in [-0.25, -0.2) is 0 Å². The van der Waals surface area contributed by atoms with E-state index in [1.54, 1.807) is 6.92 Å². The minimum Gasteiger partial charge on any atom is -0.339 e. The van der Waals surface area contributed by atoms with Crippen LogP contribution in [0.4, 0.5) is 0 Å². The Morgan fingerprint density at radius 1 is 1.47 bits per heavy atom. The number of thioether (sulfide) groups is 1. The van der Waals surface area contributed by atoms with Crippen LogP contribution >= 0.6 is 11.8 Å². The van der Waals surface area contributed by atoms with Crippen LogP contribution in [0.15, 0.2) is 4.52 Å². The number of aryl methyl sites for hydroxylation is 1. The van der Waals surface area contributed by atoms with Crippen LogP contribution in [0.3, 0.4) is 0 Å². The quantitative estimate of drug-likeness (QED) is 0.781. The predicted octanol–water partition coefficient (Wildman–Crippen LogP) is 2.77. The number of rotatable bonds is 6. The monoisotopic (exact) mass is 254 g/mol. The maximum Gasteiger partial charge on any atom is 0.227 e. The van der Waals surface area contributed by atoms with Gasteiger partial charge in [0.1, 0.15) is 5.78 Å². The van der Waals surface area contributed by atoms with Crippen molar-refractivity contribution in [1.29, 1.82) is 0 Å². The molecule has 1 aliphatic carbocycles. The zero-order chi connectivity index (χ0) is 12.1. The van der Waals surface area contributed by atoms with Crippen molar-refractivity contribution in [2.45, 2.75) is 56.5 Å². The van der Waals surface area contributed by atoms with Crippen LogP contribution in [0.25, 0.3) is 0 Å². The zero-order valence-electron chi connectivity index (χ0n) is 10.1. The largest absolute Gasteiger partial charge is 0.339 e. The molecule has 5 heteroatoms. The normalized spacial score (nSPS) is 16.5. The SMILES string of the molecule is CC(=O)CCc1nc(CSC2CCCC2)no1. The molecule has 0 aliphatic heterocycles. The van der Waals surface area contributed by atoms with Gasteiger partial charge in [0.05, 0.1) is 5.75 Å². The van der Waals surface area contributed by atoms with Crippen LogP contribution in [0.2, 0.25) is 0 Å². The van der Waals surface area contributed by atoms with Gasteiger partial charge in [0.15, 0.2) is 5.82 Å². The van der Waals surface area contributed by atoms with Crippen LogP contribution in [0.5, 0.6) is 0 Å². The Labute approximate surface area is 106 Å². The topological polar surface area (TPSA) is 56.0 Å². The second-order valence-corrected chi connectivity index (χ2v) is 5.81. The molecule has 1 saturated carbocycles. The molecular weight excluding hydrogens is 236 g/mol. The number of Topliss-reactive ketones (excluding diaryl/α,β-unsaturated/α-hetero) is 1. The smallest absolute Gasteiger partial charge is 0.227 e. The van der Waals surface area contributed by atoms with Crippen LogP contribution in [0.1, 0.15) is 50.7 Å². The fraction of sp³-hybridized carbons (Fsp3) is 0.750. The molecule has 0 N–H and O–H groups in total. The molecule has 0 unspecified atom stereocenters. The Hall–Kier alpha value is -0.840. The lowest BCUT2D eigenvalue weighted by Gasteiger charge is -2.04. The maximum atomic E-state index is 10.8. The van der Waals surface area contributed by atoms with Gasteiger partial charge in [0.2, 0.25) is 5.89 Å². The Balaban J connectivity index is 1.75. The van der Waals surface area contributed by atoms with E-state index in [0.717, 1.165) is 16.8 Å². The minimum absolute atomic E-state index is 0.157. The van der Waals surface area contributed by atoms with Crippen molar-refractivity contribution in [3.8, 4) is 0 Å². The third-order valence-electron chi connectivity index (χ3n) is 2.95. The lowest BCUT2D eigenvalue weighted by Crippen LogP contribution is -1.97. The average molecular weight is 254 g/mol. The van der Waals surface area contributed by atoms with Crippen LogP contribution in [-0.2, 0) is 17.0 Å². The summed E-state index contributed by atoms with van der Waals surface area (Å²) in [5.41, 5.74) is 0. The number of aromatic nitrogens is 2. The van der Waals surface area contributed by atoms with E-state index >= 15 is 0 Å². The lowest BCUT2D eigenvalue weighted by atomic mass is 10.2. The Bertz CT molecular complexity index is 372. The molecule has 1 heterocycles. The summed E-state index contributed by atoms with van der Waals surface area (Å²) < 4.78 is 5.10. The van der Waals surface area contributed by atoms with Gasteiger partial charge in [0, 0.05) is 18.1 Å². The first-order valence-corrected chi connectivity index (χ1v) is 7.21. The molecule has 4 nitrogen and oxygen atoms in total. The second kappa shape index (κ2) is 6.19. The average Bonchev–Trinajstić information content (AvgIpc) is 2.95. The third kappa shape index (κ3) is 4.15. The number of carbonyl (C=O) groups excluding carboxylic acids is 1. The Morgan fingerprint density at radius 2 is 2.24 bits per heavy atom. The van der Waals surface area contributed by atoms with Crippen molar-refractivity contribution in [2.24, 2.45) is 0 Å². The van der Waals surface area contributed by atoms with E-state index in [-0.39, 0.29) is 5.78 Å². The van der Waals surface area contributed by atoms with E-state index in [1.807, 2.05) is 11.8 Å². The van der Waals surface area contributed by atoms with Crippen molar-refractivity contribution < 1.29 is 9.32 Å². The van der Waals surface area contributed by atoms with Gasteiger partial charge in [-0.3, -0.25) is 0 Å². The van der Waals surface area contributed by atoms with Crippen LogP contribution in [-0.4, -0.2) is 21.2 Å². The first-order chi connectivity index (χ1) is 8.24. The summed E-state index contributed by atoms with van der Waals surface area (Å²) in [5.74, 6) is 2.33. The summed E-state index contributed by atoms with van der Waals surface area (Å²) in [4.78, 5) is 15.1. The molecule has 0 bridgehead atoms. The van der Waals surface area contributed by atoms with Crippen LogP contribution in [0, 0.1) is 0 Å². The first kappa shape index (κ1) is 12.6. The van der Waals surface area contributed by atoms with Gasteiger partial charge in [-0.05, 0) is 19.8 Å². The predicted molar refractivity (Wildman–Crippen MR) is 66.9 cm³/mol. The van der Waals surface area contributed by atoms with Gasteiger partial charge in [-0.1, -0.05) is 18.0 Å². The molecule has 0 atom stereocenters. The third-order valence-corrected chi connectivity index (χ3v) is 4.32. The van der Waals surface area contributed by atoms with Gasteiger partial charge in [0.25, 0.3) is 0 Å². The number of hydrogen-bond acceptors (Lipinski definition) is 5. The maximum absolute atomic E-state index is 10.8. The van der Waals surface area contributed by atoms with Crippen molar-refractivity contribution in [3.63, 3.8) is 0 Å². The number of carbonyl (C=O) groups is 1. The highest BCUT2D eigenvalue weighted by atomic mass is 32.2. The number of nitrogens with zero attached hydrogens (tertiary/aromatic N) is 2. The standard InChI is InChI=1S/C12H18N2O2S/c1-9(15)6-7-12-13-11(14-16-12)8-17-10-4-2-3-5-10/h10H,2-8H2,1H3. The second-order valence-electron chi connectivity index (χ2n) is 4.52. The molecule has 1 fully saturated rings. The highest BCUT2D eigenvalue weighted by molar-refractivity contribution is 7.99. The molecule has 0 aromatic carbocycles. The van der Waals surface area contributed by atoms with E-state index in [4.69, 9.17) is 4.52 Å². The van der Waals surface area contributed by atoms with Gasteiger partial charge in [-0.2, -0.15) is 16.7 Å². The van der Waals surface area contributed by atoms with E-state index in [1.165, 1.54) is 25.7 Å². The molecule has 2 rings (SSSR count). The molecule has 1 aromatic heterocycles. The molecule has 1 aromatic rings. The molecule has 0 radical (unpaired) electrons. The fourth-order valence-corrected chi connectivity index (χ4v) is 3.15. The molecule has 0 saturated heterocycles.